The molecule has 2 unspecified atom stereocenters. The van der Waals surface area contributed by atoms with Crippen LogP contribution in [0.4, 0.5) is 0 Å². The molecule has 2 rings (SSSR count). The van der Waals surface area contributed by atoms with E-state index in [9.17, 15) is 4.79 Å². The molecule has 2 aliphatic rings. The Bertz CT molecular complexity index is 264. The maximum absolute atomic E-state index is 11.9. The van der Waals surface area contributed by atoms with Crippen molar-refractivity contribution in [3.8, 4) is 0 Å². The Kier molecular flexibility index (Phi) is 3.50. The summed E-state index contributed by atoms with van der Waals surface area (Å²) in [6.45, 7) is 4.02. The topological polar surface area (TPSA) is 61.4 Å². The first-order valence-corrected chi connectivity index (χ1v) is 6.29. The van der Waals surface area contributed by atoms with Crippen LogP contribution in [0, 0.1) is 11.3 Å². The zero-order valence-corrected chi connectivity index (χ0v) is 9.96. The van der Waals surface area contributed by atoms with Gasteiger partial charge >= 0.3 is 0 Å². The van der Waals surface area contributed by atoms with Crippen LogP contribution >= 0.6 is 0 Å². The van der Waals surface area contributed by atoms with E-state index in [2.05, 4.69) is 17.6 Å². The summed E-state index contributed by atoms with van der Waals surface area (Å²) in [5.41, 5.74) is 0.215. The molecule has 1 aliphatic carbocycles. The van der Waals surface area contributed by atoms with Gasteiger partial charge in [-0.15, -0.1) is 0 Å². The number of aliphatic hydroxyl groups is 1. The van der Waals surface area contributed by atoms with E-state index in [1.807, 2.05) is 0 Å². The zero-order chi connectivity index (χ0) is 11.6. The van der Waals surface area contributed by atoms with E-state index in [1.165, 1.54) is 0 Å². The quantitative estimate of drug-likeness (QED) is 0.630. The molecule has 0 spiro atoms. The second-order valence-corrected chi connectivity index (χ2v) is 5.39. The maximum Gasteiger partial charge on any atom is 0.237 e. The van der Waals surface area contributed by atoms with E-state index in [0.29, 0.717) is 5.92 Å². The van der Waals surface area contributed by atoms with Gasteiger partial charge in [-0.25, -0.2) is 0 Å². The normalized spacial score (nSPS) is 31.4. The van der Waals surface area contributed by atoms with Crippen molar-refractivity contribution in [1.29, 1.82) is 0 Å². The predicted octanol–water partition coefficient (Wildman–Crippen LogP) is 0.263. The van der Waals surface area contributed by atoms with Crippen LogP contribution in [-0.4, -0.2) is 36.8 Å². The molecule has 16 heavy (non-hydrogen) atoms. The van der Waals surface area contributed by atoms with Crippen LogP contribution in [0.2, 0.25) is 0 Å². The molecule has 1 aliphatic heterocycles. The number of carbonyl (C=O) groups excluding carboxylic acids is 1. The Morgan fingerprint density at radius 1 is 1.56 bits per heavy atom. The maximum atomic E-state index is 11.9. The number of aliphatic hydroxyl groups excluding tert-OH is 1. The van der Waals surface area contributed by atoms with E-state index in [-0.39, 0.29) is 24.0 Å². The van der Waals surface area contributed by atoms with Crippen LogP contribution < -0.4 is 10.6 Å². The molecular formula is C12H22N2O2. The fourth-order valence-corrected chi connectivity index (χ4v) is 2.50. The average Bonchev–Trinajstić information content (AvgIpc) is 2.89. The minimum Gasteiger partial charge on any atom is -0.396 e. The predicted molar refractivity (Wildman–Crippen MR) is 62.0 cm³/mol. The van der Waals surface area contributed by atoms with Crippen LogP contribution in [0.25, 0.3) is 0 Å². The van der Waals surface area contributed by atoms with E-state index in [1.54, 1.807) is 0 Å². The third kappa shape index (κ3) is 2.55. The third-order valence-corrected chi connectivity index (χ3v) is 4.05. The van der Waals surface area contributed by atoms with Gasteiger partial charge in [0.15, 0.2) is 0 Å². The molecular weight excluding hydrogens is 204 g/mol. The molecule has 1 saturated carbocycles. The number of hydrogen-bond donors (Lipinski definition) is 3. The molecule has 1 saturated heterocycles. The van der Waals surface area contributed by atoms with Gasteiger partial charge in [-0.2, -0.15) is 0 Å². The van der Waals surface area contributed by atoms with Gasteiger partial charge in [0.1, 0.15) is 0 Å². The Morgan fingerprint density at radius 3 is 2.81 bits per heavy atom. The summed E-state index contributed by atoms with van der Waals surface area (Å²) < 4.78 is 0. The second kappa shape index (κ2) is 4.72. The van der Waals surface area contributed by atoms with Gasteiger partial charge in [-0.05, 0) is 43.6 Å². The average molecular weight is 226 g/mol. The van der Waals surface area contributed by atoms with Gasteiger partial charge in [-0.3, -0.25) is 4.79 Å². The minimum absolute atomic E-state index is 0.00933. The number of nitrogens with one attached hydrogen (secondary N) is 2. The Labute approximate surface area is 96.8 Å². The Hall–Kier alpha value is -0.610. The fraction of sp³-hybridized carbons (Fsp3) is 0.917. The molecule has 4 heteroatoms. The van der Waals surface area contributed by atoms with Crippen LogP contribution in [0.3, 0.4) is 0 Å². The summed E-state index contributed by atoms with van der Waals surface area (Å²) in [6, 6.07) is -0.00933. The fourth-order valence-electron chi connectivity index (χ4n) is 2.50. The summed E-state index contributed by atoms with van der Waals surface area (Å²) in [4.78, 5) is 11.9. The van der Waals surface area contributed by atoms with Gasteiger partial charge in [0.05, 0.1) is 6.04 Å². The van der Waals surface area contributed by atoms with E-state index in [0.717, 1.165) is 38.8 Å². The highest BCUT2D eigenvalue weighted by Gasteiger charge is 2.42. The van der Waals surface area contributed by atoms with Crippen molar-refractivity contribution in [3.63, 3.8) is 0 Å². The van der Waals surface area contributed by atoms with Crippen LogP contribution in [0.1, 0.15) is 32.6 Å². The van der Waals surface area contributed by atoms with E-state index < -0.39 is 0 Å². The van der Waals surface area contributed by atoms with Crippen molar-refractivity contribution in [2.24, 2.45) is 11.3 Å². The molecule has 1 heterocycles. The number of hydrogen-bond acceptors (Lipinski definition) is 3. The van der Waals surface area contributed by atoms with E-state index >= 15 is 0 Å². The van der Waals surface area contributed by atoms with Crippen molar-refractivity contribution in [3.05, 3.63) is 0 Å². The molecule has 1 amide bonds. The number of rotatable bonds is 5. The summed E-state index contributed by atoms with van der Waals surface area (Å²) in [5, 5.41) is 15.2. The SMILES string of the molecule is CC1CCNC1C(=O)NCC1(CCO)CC1. The van der Waals surface area contributed by atoms with Crippen molar-refractivity contribution < 1.29 is 9.90 Å². The van der Waals surface area contributed by atoms with Gasteiger partial charge in [-0.1, -0.05) is 6.92 Å². The minimum atomic E-state index is -0.00933. The molecule has 0 aromatic rings. The zero-order valence-electron chi connectivity index (χ0n) is 9.96. The van der Waals surface area contributed by atoms with Gasteiger partial charge in [0.25, 0.3) is 0 Å². The lowest BCUT2D eigenvalue weighted by molar-refractivity contribution is -0.123. The third-order valence-electron chi connectivity index (χ3n) is 4.05. The highest BCUT2D eigenvalue weighted by molar-refractivity contribution is 5.82. The van der Waals surface area contributed by atoms with Crippen molar-refractivity contribution in [1.82, 2.24) is 10.6 Å². The summed E-state index contributed by atoms with van der Waals surface area (Å²) in [6.07, 6.45) is 4.18. The molecule has 0 aromatic heterocycles. The highest BCUT2D eigenvalue weighted by Crippen LogP contribution is 2.47. The molecule has 0 bridgehead atoms. The first kappa shape index (κ1) is 11.9. The second-order valence-electron chi connectivity index (χ2n) is 5.39. The smallest absolute Gasteiger partial charge is 0.237 e. The number of carbonyl (C=O) groups is 1. The summed E-state index contributed by atoms with van der Waals surface area (Å²) in [7, 11) is 0. The largest absolute Gasteiger partial charge is 0.396 e. The van der Waals surface area contributed by atoms with Crippen molar-refractivity contribution in [2.45, 2.75) is 38.6 Å². The molecule has 0 aromatic carbocycles. The molecule has 0 radical (unpaired) electrons. The van der Waals surface area contributed by atoms with Gasteiger partial charge in [0.2, 0.25) is 5.91 Å². The monoisotopic (exact) mass is 226 g/mol. The lowest BCUT2D eigenvalue weighted by Gasteiger charge is -2.19. The number of amides is 1. The lowest BCUT2D eigenvalue weighted by atomic mass is 10.0. The van der Waals surface area contributed by atoms with E-state index in [4.69, 9.17) is 5.11 Å². The molecule has 4 nitrogen and oxygen atoms in total. The Morgan fingerprint density at radius 2 is 2.31 bits per heavy atom. The summed E-state index contributed by atoms with van der Waals surface area (Å²) >= 11 is 0. The van der Waals surface area contributed by atoms with Gasteiger partial charge < -0.3 is 15.7 Å². The van der Waals surface area contributed by atoms with Gasteiger partial charge in [0, 0.05) is 13.2 Å². The Balaban J connectivity index is 1.75. The molecule has 92 valence electrons. The van der Waals surface area contributed by atoms with Crippen molar-refractivity contribution in [2.75, 3.05) is 19.7 Å². The first-order valence-electron chi connectivity index (χ1n) is 6.29. The first-order chi connectivity index (χ1) is 7.67. The highest BCUT2D eigenvalue weighted by atomic mass is 16.3. The molecule has 2 fully saturated rings. The lowest BCUT2D eigenvalue weighted by Crippen LogP contribution is -2.45. The standard InChI is InChI=1S/C12H22N2O2/c1-9-2-6-13-10(9)11(16)14-8-12(3-4-12)5-7-15/h9-10,13,15H,2-8H2,1H3,(H,14,16). The van der Waals surface area contributed by atoms with Crippen LogP contribution in [0.15, 0.2) is 0 Å². The van der Waals surface area contributed by atoms with Crippen LogP contribution in [0.5, 0.6) is 0 Å². The molecule has 2 atom stereocenters. The van der Waals surface area contributed by atoms with Crippen LogP contribution in [-0.2, 0) is 4.79 Å². The van der Waals surface area contributed by atoms with Crippen molar-refractivity contribution >= 4 is 5.91 Å². The summed E-state index contributed by atoms with van der Waals surface area (Å²) in [5.74, 6) is 0.571. The molecule has 3 N–H and O–H groups in total.